The lowest BCUT2D eigenvalue weighted by atomic mass is 9.94. The molecule has 5 aromatic rings. The molecule has 0 bridgehead atoms. The maximum absolute atomic E-state index is 13.6. The predicted molar refractivity (Wildman–Crippen MR) is 253 cm³/mol. The number of anilines is 4. The van der Waals surface area contributed by atoms with Crippen molar-refractivity contribution in [3.8, 4) is 11.5 Å². The van der Waals surface area contributed by atoms with Crippen molar-refractivity contribution >= 4 is 125 Å². The van der Waals surface area contributed by atoms with Crippen LogP contribution in [0.1, 0.15) is 73.5 Å². The second kappa shape index (κ2) is 19.3. The summed E-state index contributed by atoms with van der Waals surface area (Å²) in [5.74, 6) is -6.72. The number of benzene rings is 4. The van der Waals surface area contributed by atoms with Gasteiger partial charge in [-0.15, -0.1) is 0 Å². The zero-order valence-corrected chi connectivity index (χ0v) is 38.4. The molecule has 2 amide bonds. The molecule has 358 valence electrons. The molecular formula is C43H29Cl2N7O16S2. The first-order valence-electron chi connectivity index (χ1n) is 19.2. The van der Waals surface area contributed by atoms with Crippen molar-refractivity contribution < 1.29 is 74.4 Å². The molecule has 23 nitrogen and oxygen atoms in total. The monoisotopic (exact) mass is 1030 g/mol. The van der Waals surface area contributed by atoms with E-state index < -0.39 is 76.8 Å². The number of pyridine rings is 1. The Morgan fingerprint density at radius 3 is 1.33 bits per heavy atom. The number of ketones is 2. The van der Waals surface area contributed by atoms with Gasteiger partial charge in [0.25, 0.3) is 32.1 Å². The van der Waals surface area contributed by atoms with E-state index in [1.54, 1.807) is 0 Å². The number of amides is 2. The molecule has 0 saturated carbocycles. The molecule has 0 atom stereocenters. The smallest absolute Gasteiger partial charge is 0.339 e. The van der Waals surface area contributed by atoms with Crippen molar-refractivity contribution in [2.24, 2.45) is 10.2 Å². The average Bonchev–Trinajstić information content (AvgIpc) is 3.30. The number of rotatable bonds is 14. The van der Waals surface area contributed by atoms with Crippen LogP contribution in [-0.2, 0) is 20.2 Å². The fourth-order valence-corrected chi connectivity index (χ4v) is 8.43. The highest BCUT2D eigenvalue weighted by Crippen LogP contribution is 2.35. The number of aromatic carboxylic acids is 2. The minimum Gasteiger partial charge on any atom is -0.496 e. The van der Waals surface area contributed by atoms with Crippen LogP contribution in [0.5, 0.6) is 11.5 Å². The number of carbonyl (C=O) groups is 6. The first-order valence-corrected chi connectivity index (χ1v) is 22.9. The summed E-state index contributed by atoms with van der Waals surface area (Å²) in [5.41, 5.74) is 1.57. The SMILES string of the molecule is COc1cc(N/N=C2\C(=O)c3ccc(NC(=O)c4cccc(C(=O)Nc5ccc6c(c5)C=C(S(=O)(=O)O)/C(=N/Nc5cc(OC)c(C(=O)O)cc5Cl)C6=O)n4)cc3C=C2S(=O)(=O)O)c(Cl)cc1C(=O)O. The van der Waals surface area contributed by atoms with E-state index in [-0.39, 0.29) is 89.1 Å². The summed E-state index contributed by atoms with van der Waals surface area (Å²) in [6, 6.07) is 15.7. The van der Waals surface area contributed by atoms with Crippen molar-refractivity contribution in [2.45, 2.75) is 0 Å². The summed E-state index contributed by atoms with van der Waals surface area (Å²) >= 11 is 12.4. The standard InChI is InChI=1S/C43H29Cl2N7O16S2/c1-67-32-16-30(26(44)14-24(32)42(57)58)49-51-36-34(69(61,62)63)12-18-10-20(6-8-22(18)38(36)53)46-40(55)28-4-3-5-29(48-28)41(56)47-21-7-9-23-19(11-21)13-35(70(64,65)66)37(39(23)54)52-50-31-17-33(68-2)25(43(59)60)15-27(31)45/h3-17,49-50H,1-2H3,(H,46,55)(H,47,56)(H,57,58)(H,59,60)(H,61,62,63)(H,64,65,66)/b51-36-,52-37-. The number of hydrogen-bond donors (Lipinski definition) is 8. The number of carbonyl (C=O) groups excluding carboxylic acids is 4. The summed E-state index contributed by atoms with van der Waals surface area (Å²) in [6.07, 6.45) is 1.84. The van der Waals surface area contributed by atoms with Crippen molar-refractivity contribution in [2.75, 3.05) is 35.7 Å². The second-order valence-electron chi connectivity index (χ2n) is 14.4. The maximum atomic E-state index is 13.6. The number of carboxylic acids is 2. The van der Waals surface area contributed by atoms with E-state index >= 15 is 0 Å². The first-order chi connectivity index (χ1) is 33.0. The zero-order valence-electron chi connectivity index (χ0n) is 35.3. The van der Waals surface area contributed by atoms with Crippen molar-refractivity contribution in [1.29, 1.82) is 0 Å². The molecule has 0 unspecified atom stereocenters. The number of ether oxygens (including phenoxy) is 2. The van der Waals surface area contributed by atoms with Gasteiger partial charge in [0.15, 0.2) is 11.4 Å². The number of methoxy groups -OCH3 is 2. The fraction of sp³-hybridized carbons (Fsp3) is 0.0465. The molecule has 0 spiro atoms. The van der Waals surface area contributed by atoms with E-state index in [1.165, 1.54) is 68.8 Å². The zero-order chi connectivity index (χ0) is 51.0. The maximum Gasteiger partial charge on any atom is 0.339 e. The second-order valence-corrected chi connectivity index (χ2v) is 18.0. The Morgan fingerprint density at radius 1 is 0.600 bits per heavy atom. The van der Waals surface area contributed by atoms with Crippen molar-refractivity contribution in [1.82, 2.24) is 4.98 Å². The van der Waals surface area contributed by atoms with Crippen LogP contribution in [-0.4, -0.2) is 102 Å². The Hall–Kier alpha value is -8.33. The van der Waals surface area contributed by atoms with Gasteiger partial charge < -0.3 is 30.3 Å². The minimum atomic E-state index is -5.13. The number of carboxylic acid groups (broad SMARTS) is 2. The molecule has 0 radical (unpaired) electrons. The van der Waals surface area contributed by atoms with E-state index in [4.69, 9.17) is 32.7 Å². The topological polar surface area (TPSA) is 356 Å². The van der Waals surface area contributed by atoms with E-state index in [0.29, 0.717) is 0 Å². The Balaban J connectivity index is 1.08. The van der Waals surface area contributed by atoms with Gasteiger partial charge in [-0.3, -0.25) is 39.1 Å². The lowest BCUT2D eigenvalue weighted by Crippen LogP contribution is -2.27. The molecule has 7 rings (SSSR count). The highest BCUT2D eigenvalue weighted by molar-refractivity contribution is 7.91. The molecule has 0 saturated heterocycles. The molecule has 27 heteroatoms. The minimum absolute atomic E-state index is 0.0124. The van der Waals surface area contributed by atoms with Gasteiger partial charge in [-0.1, -0.05) is 29.3 Å². The molecule has 0 aliphatic heterocycles. The summed E-state index contributed by atoms with van der Waals surface area (Å²) in [6.45, 7) is 0. The number of nitrogens with one attached hydrogen (secondary N) is 4. The van der Waals surface area contributed by atoms with Gasteiger partial charge in [0, 0.05) is 34.6 Å². The van der Waals surface area contributed by atoms with Gasteiger partial charge in [0.2, 0.25) is 11.6 Å². The Bertz CT molecular complexity index is 3310. The number of hydrogen-bond acceptors (Lipinski definition) is 17. The van der Waals surface area contributed by atoms with E-state index in [0.717, 1.165) is 36.4 Å². The molecular weight excluding hydrogens is 1010 g/mol. The van der Waals surface area contributed by atoms with Gasteiger partial charge >= 0.3 is 11.9 Å². The lowest BCUT2D eigenvalue weighted by Gasteiger charge is -2.18. The fourth-order valence-electron chi connectivity index (χ4n) is 6.70. The van der Waals surface area contributed by atoms with E-state index in [9.17, 15) is 64.9 Å². The van der Waals surface area contributed by atoms with E-state index in [2.05, 4.69) is 36.7 Å². The molecule has 70 heavy (non-hydrogen) atoms. The Kier molecular flexibility index (Phi) is 13.7. The van der Waals surface area contributed by atoms with Gasteiger partial charge in [-0.05, 0) is 83.9 Å². The van der Waals surface area contributed by atoms with Gasteiger partial charge in [0.05, 0.1) is 35.6 Å². The van der Waals surface area contributed by atoms with Crippen LogP contribution in [0.15, 0.2) is 98.9 Å². The van der Waals surface area contributed by atoms with Crippen LogP contribution in [0.25, 0.3) is 12.2 Å². The van der Waals surface area contributed by atoms with Gasteiger partial charge in [-0.2, -0.15) is 27.0 Å². The van der Waals surface area contributed by atoms with Crippen LogP contribution in [0.4, 0.5) is 22.7 Å². The highest BCUT2D eigenvalue weighted by Gasteiger charge is 2.35. The Labute approximate surface area is 403 Å². The molecule has 2 aliphatic carbocycles. The molecule has 8 N–H and O–H groups in total. The van der Waals surface area contributed by atoms with Crippen LogP contribution < -0.4 is 31.0 Å². The number of allylic oxidation sites excluding steroid dienone is 2. The van der Waals surface area contributed by atoms with Crippen molar-refractivity contribution in [3.63, 3.8) is 0 Å². The third-order valence-electron chi connectivity index (χ3n) is 9.96. The molecule has 4 aromatic carbocycles. The highest BCUT2D eigenvalue weighted by atomic mass is 35.5. The largest absolute Gasteiger partial charge is 0.496 e. The average molecular weight is 1030 g/mol. The number of Topliss-reactive ketones (excluding diaryl/α,β-unsaturated/α-hetero) is 2. The third kappa shape index (κ3) is 10.2. The van der Waals surface area contributed by atoms with Crippen LogP contribution in [0.3, 0.4) is 0 Å². The number of nitrogens with zero attached hydrogens (tertiary/aromatic N) is 3. The molecule has 1 aromatic heterocycles. The van der Waals surface area contributed by atoms with Gasteiger partial charge in [0.1, 0.15) is 43.8 Å². The summed E-state index contributed by atoms with van der Waals surface area (Å²) in [5, 5.41) is 31.2. The number of aromatic nitrogens is 1. The number of hydrazone groups is 2. The van der Waals surface area contributed by atoms with Crippen LogP contribution in [0, 0.1) is 0 Å². The first kappa shape index (κ1) is 49.6. The summed E-state index contributed by atoms with van der Waals surface area (Å²) in [7, 11) is -7.87. The Morgan fingerprint density at radius 2 is 0.986 bits per heavy atom. The number of fused-ring (bicyclic) bond motifs is 2. The number of halogens is 2. The van der Waals surface area contributed by atoms with Crippen LogP contribution >= 0.6 is 23.2 Å². The van der Waals surface area contributed by atoms with Gasteiger partial charge in [-0.25, -0.2) is 14.6 Å². The molecule has 1 heterocycles. The quantitative estimate of drug-likeness (QED) is 0.0460. The van der Waals surface area contributed by atoms with E-state index in [1.807, 2.05) is 0 Å². The molecule has 2 aliphatic rings. The lowest BCUT2D eigenvalue weighted by molar-refractivity contribution is 0.0682. The predicted octanol–water partition coefficient (Wildman–Crippen LogP) is 6.09. The molecule has 0 fully saturated rings. The summed E-state index contributed by atoms with van der Waals surface area (Å²) in [4.78, 5) is 79.2. The third-order valence-corrected chi connectivity index (χ3v) is 12.3. The normalized spacial score (nSPS) is 14.4. The summed E-state index contributed by atoms with van der Waals surface area (Å²) < 4.78 is 80.2. The van der Waals surface area contributed by atoms with Crippen molar-refractivity contribution in [3.05, 3.63) is 143 Å². The van der Waals surface area contributed by atoms with Crippen LogP contribution in [0.2, 0.25) is 10.0 Å².